The van der Waals surface area contributed by atoms with Crippen LogP contribution in [0.15, 0.2) is 30.3 Å². The van der Waals surface area contributed by atoms with Crippen LogP contribution in [0.5, 0.6) is 0 Å². The van der Waals surface area contributed by atoms with Crippen LogP contribution in [0.4, 0.5) is 4.79 Å². The third kappa shape index (κ3) is 5.95. The minimum Gasteiger partial charge on any atom is -0.444 e. The highest BCUT2D eigenvalue weighted by molar-refractivity contribution is 5.68. The highest BCUT2D eigenvalue weighted by atomic mass is 16.6. The summed E-state index contributed by atoms with van der Waals surface area (Å²) in [5, 5.41) is 2.71. The Labute approximate surface area is 103 Å². The van der Waals surface area contributed by atoms with Crippen LogP contribution in [0, 0.1) is 6.92 Å². The maximum atomic E-state index is 11.5. The van der Waals surface area contributed by atoms with Crippen molar-refractivity contribution >= 4 is 6.09 Å². The lowest BCUT2D eigenvalue weighted by molar-refractivity contribution is 0.0514. The summed E-state index contributed by atoms with van der Waals surface area (Å²) in [5.41, 5.74) is 0.667. The lowest BCUT2D eigenvalue weighted by atomic mass is 10.1. The number of hydrogen-bond donors (Lipinski definition) is 1. The molecule has 3 heteroatoms. The Hall–Kier alpha value is -1.51. The molecule has 0 fully saturated rings. The van der Waals surface area contributed by atoms with Gasteiger partial charge in [0.2, 0.25) is 0 Å². The quantitative estimate of drug-likeness (QED) is 0.873. The number of alkyl carbamates (subject to hydrolysis) is 1. The third-order valence-corrected chi connectivity index (χ3v) is 2.05. The van der Waals surface area contributed by atoms with Crippen molar-refractivity contribution in [3.63, 3.8) is 0 Å². The Morgan fingerprint density at radius 3 is 2.47 bits per heavy atom. The predicted molar refractivity (Wildman–Crippen MR) is 68.7 cm³/mol. The SMILES string of the molecule is [CH2][C@@H](Cc1ccccc1)NC(=O)OC(C)(C)C. The van der Waals surface area contributed by atoms with Crippen molar-refractivity contribution in [1.82, 2.24) is 5.32 Å². The predicted octanol–water partition coefficient (Wildman–Crippen LogP) is 2.96. The number of rotatable bonds is 3. The van der Waals surface area contributed by atoms with E-state index < -0.39 is 11.7 Å². The van der Waals surface area contributed by atoms with Crippen LogP contribution in [0.3, 0.4) is 0 Å². The molecule has 1 aromatic carbocycles. The smallest absolute Gasteiger partial charge is 0.407 e. The minimum atomic E-state index is -0.476. The highest BCUT2D eigenvalue weighted by Gasteiger charge is 2.17. The van der Waals surface area contributed by atoms with E-state index in [0.29, 0.717) is 6.42 Å². The molecular weight excluding hydrogens is 214 g/mol. The molecule has 0 heterocycles. The van der Waals surface area contributed by atoms with Gasteiger partial charge in [-0.3, -0.25) is 0 Å². The largest absolute Gasteiger partial charge is 0.444 e. The van der Waals surface area contributed by atoms with Crippen molar-refractivity contribution in [1.29, 1.82) is 0 Å². The Morgan fingerprint density at radius 1 is 1.35 bits per heavy atom. The molecule has 0 aliphatic rings. The standard InChI is InChI=1S/C14H20NO2/c1-11(10-12-8-6-5-7-9-12)15-13(16)17-14(2,3)4/h5-9,11H,1,10H2,2-4H3,(H,15,16)/t11-/m0/s1. The molecule has 0 bridgehead atoms. The first-order chi connectivity index (χ1) is 7.87. The number of amides is 1. The number of ether oxygens (including phenoxy) is 1. The van der Waals surface area contributed by atoms with E-state index in [1.807, 2.05) is 51.1 Å². The Morgan fingerprint density at radius 2 is 1.94 bits per heavy atom. The molecule has 1 amide bonds. The van der Waals surface area contributed by atoms with Crippen molar-refractivity contribution in [2.75, 3.05) is 0 Å². The van der Waals surface area contributed by atoms with E-state index in [4.69, 9.17) is 4.74 Å². The van der Waals surface area contributed by atoms with Gasteiger partial charge < -0.3 is 10.1 Å². The van der Waals surface area contributed by atoms with Gasteiger partial charge in [0.1, 0.15) is 5.60 Å². The van der Waals surface area contributed by atoms with E-state index in [0.717, 1.165) is 5.56 Å². The van der Waals surface area contributed by atoms with Crippen LogP contribution in [-0.2, 0) is 11.2 Å². The molecule has 0 aliphatic heterocycles. The first-order valence-corrected chi connectivity index (χ1v) is 5.73. The van der Waals surface area contributed by atoms with E-state index in [2.05, 4.69) is 12.2 Å². The number of carbonyl (C=O) groups is 1. The summed E-state index contributed by atoms with van der Waals surface area (Å²) in [6, 6.07) is 9.73. The van der Waals surface area contributed by atoms with E-state index in [-0.39, 0.29) is 6.04 Å². The molecule has 17 heavy (non-hydrogen) atoms. The average molecular weight is 234 g/mol. The van der Waals surface area contributed by atoms with Crippen LogP contribution in [0.2, 0.25) is 0 Å². The molecule has 1 N–H and O–H groups in total. The zero-order chi connectivity index (χ0) is 12.9. The molecule has 0 aromatic heterocycles. The number of benzene rings is 1. The van der Waals surface area contributed by atoms with Gasteiger partial charge in [-0.2, -0.15) is 0 Å². The maximum Gasteiger partial charge on any atom is 0.407 e. The Bertz CT molecular complexity index is 354. The summed E-state index contributed by atoms with van der Waals surface area (Å²) in [7, 11) is 0. The summed E-state index contributed by atoms with van der Waals surface area (Å²) in [5.74, 6) is 0. The zero-order valence-corrected chi connectivity index (χ0v) is 10.7. The number of hydrogen-bond acceptors (Lipinski definition) is 2. The fourth-order valence-electron chi connectivity index (χ4n) is 1.42. The van der Waals surface area contributed by atoms with Gasteiger partial charge in [-0.25, -0.2) is 4.79 Å². The van der Waals surface area contributed by atoms with Crippen molar-refractivity contribution in [2.45, 2.75) is 38.8 Å². The monoisotopic (exact) mass is 234 g/mol. The molecule has 3 nitrogen and oxygen atoms in total. The topological polar surface area (TPSA) is 38.3 Å². The van der Waals surface area contributed by atoms with E-state index >= 15 is 0 Å². The molecule has 0 unspecified atom stereocenters. The van der Waals surface area contributed by atoms with Crippen LogP contribution >= 0.6 is 0 Å². The Kier molecular flexibility index (Phi) is 4.55. The first-order valence-electron chi connectivity index (χ1n) is 5.73. The molecule has 0 saturated carbocycles. The number of carbonyl (C=O) groups excluding carboxylic acids is 1. The molecule has 0 saturated heterocycles. The van der Waals surface area contributed by atoms with Gasteiger partial charge in [0, 0.05) is 6.04 Å². The molecule has 0 spiro atoms. The second-order valence-corrected chi connectivity index (χ2v) is 5.03. The van der Waals surface area contributed by atoms with Crippen molar-refractivity contribution in [3.05, 3.63) is 42.8 Å². The minimum absolute atomic E-state index is 0.188. The number of nitrogens with one attached hydrogen (secondary N) is 1. The lowest BCUT2D eigenvalue weighted by Crippen LogP contribution is -2.38. The highest BCUT2D eigenvalue weighted by Crippen LogP contribution is 2.08. The summed E-state index contributed by atoms with van der Waals surface area (Å²) in [6.07, 6.45) is 0.272. The zero-order valence-electron chi connectivity index (χ0n) is 10.7. The van der Waals surface area contributed by atoms with Gasteiger partial charge in [0.15, 0.2) is 0 Å². The average Bonchev–Trinajstić information content (AvgIpc) is 2.15. The fourth-order valence-corrected chi connectivity index (χ4v) is 1.42. The van der Waals surface area contributed by atoms with Gasteiger partial charge in [0.05, 0.1) is 0 Å². The van der Waals surface area contributed by atoms with Gasteiger partial charge in [-0.1, -0.05) is 30.3 Å². The molecule has 93 valence electrons. The molecule has 1 aromatic rings. The first kappa shape index (κ1) is 13.6. The molecule has 1 radical (unpaired) electrons. The molecular formula is C14H20NO2. The lowest BCUT2D eigenvalue weighted by Gasteiger charge is -2.21. The normalized spacial score (nSPS) is 12.9. The third-order valence-electron chi connectivity index (χ3n) is 2.05. The summed E-state index contributed by atoms with van der Waals surface area (Å²) in [6.45, 7) is 9.40. The summed E-state index contributed by atoms with van der Waals surface area (Å²) >= 11 is 0. The van der Waals surface area contributed by atoms with Crippen molar-refractivity contribution in [2.24, 2.45) is 0 Å². The van der Waals surface area contributed by atoms with Gasteiger partial charge in [-0.15, -0.1) is 0 Å². The van der Waals surface area contributed by atoms with Crippen molar-refractivity contribution in [3.8, 4) is 0 Å². The second kappa shape index (κ2) is 5.71. The van der Waals surface area contributed by atoms with E-state index in [1.165, 1.54) is 0 Å². The molecule has 0 aliphatic carbocycles. The second-order valence-electron chi connectivity index (χ2n) is 5.03. The van der Waals surface area contributed by atoms with Crippen LogP contribution in [0.25, 0.3) is 0 Å². The van der Waals surface area contributed by atoms with Gasteiger partial charge >= 0.3 is 6.09 Å². The van der Waals surface area contributed by atoms with Gasteiger partial charge in [-0.05, 0) is 39.7 Å². The summed E-state index contributed by atoms with van der Waals surface area (Å²) < 4.78 is 5.16. The molecule has 1 atom stereocenters. The van der Waals surface area contributed by atoms with Crippen LogP contribution < -0.4 is 5.32 Å². The van der Waals surface area contributed by atoms with Crippen LogP contribution in [0.1, 0.15) is 26.3 Å². The fraction of sp³-hybridized carbons (Fsp3) is 0.429. The maximum absolute atomic E-state index is 11.5. The Balaban J connectivity index is 2.40. The van der Waals surface area contributed by atoms with E-state index in [9.17, 15) is 4.79 Å². The van der Waals surface area contributed by atoms with Crippen LogP contribution in [-0.4, -0.2) is 17.7 Å². The van der Waals surface area contributed by atoms with Gasteiger partial charge in [0.25, 0.3) is 0 Å². The molecule has 1 rings (SSSR count). The van der Waals surface area contributed by atoms with Crippen molar-refractivity contribution < 1.29 is 9.53 Å². The summed E-state index contributed by atoms with van der Waals surface area (Å²) in [4.78, 5) is 11.5. The van der Waals surface area contributed by atoms with E-state index in [1.54, 1.807) is 0 Å².